The summed E-state index contributed by atoms with van der Waals surface area (Å²) < 4.78 is 31.3. The molecule has 0 aliphatic rings. The number of aromatic nitrogens is 2. The molecule has 0 aliphatic carbocycles. The van der Waals surface area contributed by atoms with E-state index in [2.05, 4.69) is 15.5 Å². The Balaban J connectivity index is 1.75. The van der Waals surface area contributed by atoms with Gasteiger partial charge in [-0.1, -0.05) is 28.9 Å². The number of sulfonamides is 1. The van der Waals surface area contributed by atoms with Crippen LogP contribution in [0.15, 0.2) is 45.1 Å². The Morgan fingerprint density at radius 3 is 2.67 bits per heavy atom. The number of carbonyl (C=O) groups excluding carboxylic acids is 1. The first-order valence-corrected chi connectivity index (χ1v) is 10.3. The van der Waals surface area contributed by atoms with Crippen LogP contribution in [0.5, 0.6) is 0 Å². The van der Waals surface area contributed by atoms with E-state index in [1.54, 1.807) is 31.2 Å². The summed E-state index contributed by atoms with van der Waals surface area (Å²) in [5.74, 6) is 0.223. The van der Waals surface area contributed by atoms with Gasteiger partial charge in [-0.15, -0.1) is 11.3 Å². The van der Waals surface area contributed by atoms with E-state index in [0.29, 0.717) is 27.3 Å². The van der Waals surface area contributed by atoms with E-state index in [1.807, 2.05) is 0 Å². The summed E-state index contributed by atoms with van der Waals surface area (Å²) in [6.45, 7) is 1.30. The summed E-state index contributed by atoms with van der Waals surface area (Å²) in [6, 6.07) is 9.81. The SMILES string of the molecule is Cc1nc(-c2ccccc2NC(=O)CN(C)S(=O)(=O)c2ccc(Cl)s2)no1. The van der Waals surface area contributed by atoms with Crippen LogP contribution in [0.3, 0.4) is 0 Å². The number of carbonyl (C=O) groups is 1. The molecular weight excluding hydrogens is 412 g/mol. The third-order valence-electron chi connectivity index (χ3n) is 3.55. The van der Waals surface area contributed by atoms with Gasteiger partial charge in [0.15, 0.2) is 0 Å². The molecule has 3 aromatic rings. The van der Waals surface area contributed by atoms with E-state index in [9.17, 15) is 13.2 Å². The van der Waals surface area contributed by atoms with Crippen LogP contribution in [-0.4, -0.2) is 42.4 Å². The van der Waals surface area contributed by atoms with Gasteiger partial charge in [0.25, 0.3) is 10.0 Å². The Labute approximate surface area is 164 Å². The molecule has 11 heteroatoms. The van der Waals surface area contributed by atoms with Crippen LogP contribution in [0.25, 0.3) is 11.4 Å². The fraction of sp³-hybridized carbons (Fsp3) is 0.188. The molecule has 1 N–H and O–H groups in total. The molecule has 8 nitrogen and oxygen atoms in total. The summed E-state index contributed by atoms with van der Waals surface area (Å²) in [4.78, 5) is 16.5. The molecule has 0 saturated carbocycles. The quantitative estimate of drug-likeness (QED) is 0.649. The zero-order valence-corrected chi connectivity index (χ0v) is 16.7. The molecule has 3 rings (SSSR count). The number of para-hydroxylation sites is 1. The van der Waals surface area contributed by atoms with Crippen molar-refractivity contribution in [3.05, 3.63) is 46.6 Å². The van der Waals surface area contributed by atoms with Gasteiger partial charge in [-0.3, -0.25) is 4.79 Å². The van der Waals surface area contributed by atoms with E-state index in [-0.39, 0.29) is 10.8 Å². The van der Waals surface area contributed by atoms with Crippen molar-refractivity contribution in [3.8, 4) is 11.4 Å². The van der Waals surface area contributed by atoms with Crippen molar-refractivity contribution in [1.29, 1.82) is 0 Å². The zero-order valence-electron chi connectivity index (χ0n) is 14.3. The third-order valence-corrected chi connectivity index (χ3v) is 7.05. The predicted molar refractivity (Wildman–Crippen MR) is 102 cm³/mol. The lowest BCUT2D eigenvalue weighted by atomic mass is 10.1. The van der Waals surface area contributed by atoms with E-state index in [4.69, 9.17) is 16.1 Å². The fourth-order valence-electron chi connectivity index (χ4n) is 2.26. The fourth-order valence-corrected chi connectivity index (χ4v) is 5.08. The maximum atomic E-state index is 12.5. The lowest BCUT2D eigenvalue weighted by molar-refractivity contribution is -0.116. The number of benzene rings is 1. The van der Waals surface area contributed by atoms with E-state index in [1.165, 1.54) is 19.2 Å². The number of amides is 1. The lowest BCUT2D eigenvalue weighted by Crippen LogP contribution is -2.34. The zero-order chi connectivity index (χ0) is 19.6. The van der Waals surface area contributed by atoms with Gasteiger partial charge in [-0.25, -0.2) is 8.42 Å². The molecule has 27 heavy (non-hydrogen) atoms. The molecule has 1 amide bonds. The number of thiophene rings is 1. The average Bonchev–Trinajstić information content (AvgIpc) is 3.24. The Bertz CT molecular complexity index is 1080. The first kappa shape index (κ1) is 19.5. The topological polar surface area (TPSA) is 105 Å². The molecule has 0 spiro atoms. The second-order valence-electron chi connectivity index (χ2n) is 5.55. The van der Waals surface area contributed by atoms with Gasteiger partial charge in [0.2, 0.25) is 17.6 Å². The molecule has 0 fully saturated rings. The van der Waals surface area contributed by atoms with Crippen LogP contribution in [0.1, 0.15) is 5.89 Å². The second kappa shape index (κ2) is 7.77. The van der Waals surface area contributed by atoms with Gasteiger partial charge in [-0.2, -0.15) is 9.29 Å². The first-order valence-electron chi connectivity index (χ1n) is 7.68. The van der Waals surface area contributed by atoms with Gasteiger partial charge in [0.1, 0.15) is 4.21 Å². The molecule has 0 atom stereocenters. The second-order valence-corrected chi connectivity index (χ2v) is 9.54. The van der Waals surface area contributed by atoms with E-state index in [0.717, 1.165) is 15.6 Å². The van der Waals surface area contributed by atoms with E-state index >= 15 is 0 Å². The highest BCUT2D eigenvalue weighted by molar-refractivity contribution is 7.91. The van der Waals surface area contributed by atoms with Crippen LogP contribution in [0, 0.1) is 6.92 Å². The Kier molecular flexibility index (Phi) is 5.61. The normalized spacial score (nSPS) is 11.7. The van der Waals surface area contributed by atoms with Crippen molar-refractivity contribution in [1.82, 2.24) is 14.4 Å². The van der Waals surface area contributed by atoms with Crippen molar-refractivity contribution in [3.63, 3.8) is 0 Å². The monoisotopic (exact) mass is 426 g/mol. The average molecular weight is 427 g/mol. The lowest BCUT2D eigenvalue weighted by Gasteiger charge is -2.16. The van der Waals surface area contributed by atoms with Crippen molar-refractivity contribution in [2.75, 3.05) is 18.9 Å². The standard InChI is InChI=1S/C16H15ClN4O4S2/c1-10-18-16(20-25-10)11-5-3-4-6-12(11)19-14(22)9-21(2)27(23,24)15-8-7-13(17)26-15/h3-8H,9H2,1-2H3,(H,19,22). The summed E-state index contributed by atoms with van der Waals surface area (Å²) in [6.07, 6.45) is 0. The maximum Gasteiger partial charge on any atom is 0.252 e. The van der Waals surface area contributed by atoms with Gasteiger partial charge in [-0.05, 0) is 24.3 Å². The molecule has 142 valence electrons. The molecule has 0 bridgehead atoms. The number of rotatable bonds is 6. The van der Waals surface area contributed by atoms with Crippen LogP contribution in [0.2, 0.25) is 4.34 Å². The summed E-state index contributed by atoms with van der Waals surface area (Å²) >= 11 is 6.73. The number of nitrogens with zero attached hydrogens (tertiary/aromatic N) is 3. The molecule has 0 saturated heterocycles. The highest BCUT2D eigenvalue weighted by Gasteiger charge is 2.25. The molecule has 0 unspecified atom stereocenters. The summed E-state index contributed by atoms with van der Waals surface area (Å²) in [5, 5.41) is 6.53. The number of aryl methyl sites for hydroxylation is 1. The Morgan fingerprint density at radius 2 is 2.04 bits per heavy atom. The minimum Gasteiger partial charge on any atom is -0.339 e. The molecule has 0 aliphatic heterocycles. The highest BCUT2D eigenvalue weighted by Crippen LogP contribution is 2.28. The summed E-state index contributed by atoms with van der Waals surface area (Å²) in [7, 11) is -2.47. The van der Waals surface area contributed by atoms with Crippen molar-refractivity contribution < 1.29 is 17.7 Å². The van der Waals surface area contributed by atoms with Crippen molar-refractivity contribution >= 4 is 44.6 Å². The smallest absolute Gasteiger partial charge is 0.252 e. The largest absolute Gasteiger partial charge is 0.339 e. The number of likely N-dealkylation sites (N-methyl/N-ethyl adjacent to an activating group) is 1. The molecule has 0 radical (unpaired) electrons. The van der Waals surface area contributed by atoms with Crippen LogP contribution in [-0.2, 0) is 14.8 Å². The minimum atomic E-state index is -3.80. The van der Waals surface area contributed by atoms with Crippen molar-refractivity contribution in [2.45, 2.75) is 11.1 Å². The first-order chi connectivity index (χ1) is 12.8. The minimum absolute atomic E-state index is 0.0745. The molecule has 2 aromatic heterocycles. The molecular formula is C16H15ClN4O4S2. The summed E-state index contributed by atoms with van der Waals surface area (Å²) in [5.41, 5.74) is 1.02. The van der Waals surface area contributed by atoms with Gasteiger partial charge in [0.05, 0.1) is 16.6 Å². The Morgan fingerprint density at radius 1 is 1.30 bits per heavy atom. The van der Waals surface area contributed by atoms with Gasteiger partial charge < -0.3 is 9.84 Å². The van der Waals surface area contributed by atoms with Crippen LogP contribution < -0.4 is 5.32 Å². The predicted octanol–water partition coefficient (Wildman–Crippen LogP) is 3.02. The number of hydrogen-bond donors (Lipinski definition) is 1. The van der Waals surface area contributed by atoms with Gasteiger partial charge >= 0.3 is 0 Å². The van der Waals surface area contributed by atoms with E-state index < -0.39 is 15.9 Å². The number of nitrogens with one attached hydrogen (secondary N) is 1. The van der Waals surface area contributed by atoms with Crippen LogP contribution >= 0.6 is 22.9 Å². The number of hydrogen-bond acceptors (Lipinski definition) is 7. The molecule has 2 heterocycles. The maximum absolute atomic E-state index is 12.5. The highest BCUT2D eigenvalue weighted by atomic mass is 35.5. The number of halogens is 1. The van der Waals surface area contributed by atoms with Gasteiger partial charge in [0, 0.05) is 19.5 Å². The molecule has 1 aromatic carbocycles. The van der Waals surface area contributed by atoms with Crippen LogP contribution in [0.4, 0.5) is 5.69 Å². The van der Waals surface area contributed by atoms with Crippen molar-refractivity contribution in [2.24, 2.45) is 0 Å². The third kappa shape index (κ3) is 4.35. The number of anilines is 1. The Hall–Kier alpha value is -2.27.